The zero-order valence-corrected chi connectivity index (χ0v) is 11.5. The molecule has 5 nitrogen and oxygen atoms in total. The lowest BCUT2D eigenvalue weighted by molar-refractivity contribution is 0.140. The van der Waals surface area contributed by atoms with Gasteiger partial charge in [-0.3, -0.25) is 4.90 Å². The summed E-state index contributed by atoms with van der Waals surface area (Å²) in [6.07, 6.45) is 4.58. The van der Waals surface area contributed by atoms with Crippen molar-refractivity contribution < 1.29 is 9.47 Å². The second-order valence-electron chi connectivity index (χ2n) is 5.55. The Hall–Kier alpha value is -1.36. The molecule has 2 rings (SSSR count). The first-order valence-corrected chi connectivity index (χ1v) is 6.27. The summed E-state index contributed by atoms with van der Waals surface area (Å²) in [7, 11) is 1.55. The van der Waals surface area contributed by atoms with Crippen LogP contribution < -0.4 is 9.47 Å². The molecule has 0 aliphatic carbocycles. The molecule has 0 aromatic carbocycles. The standard InChI is InChI=1S/C13H21N3O2/c1-13(2,3)16-6-5-10(9-16)18-11-7-14-12(17-4)15-8-11/h7-8,10H,5-6,9H2,1-4H3. The van der Waals surface area contributed by atoms with Crippen molar-refractivity contribution in [2.75, 3.05) is 20.2 Å². The Morgan fingerprint density at radius 2 is 1.94 bits per heavy atom. The van der Waals surface area contributed by atoms with Crippen LogP contribution in [0.5, 0.6) is 11.8 Å². The van der Waals surface area contributed by atoms with Crippen molar-refractivity contribution in [1.82, 2.24) is 14.9 Å². The molecule has 1 saturated heterocycles. The van der Waals surface area contributed by atoms with Gasteiger partial charge in [0.15, 0.2) is 5.75 Å². The fourth-order valence-corrected chi connectivity index (χ4v) is 2.10. The van der Waals surface area contributed by atoms with Crippen LogP contribution in [0, 0.1) is 0 Å². The summed E-state index contributed by atoms with van der Waals surface area (Å²) in [4.78, 5) is 10.5. The molecule has 100 valence electrons. The van der Waals surface area contributed by atoms with Crippen molar-refractivity contribution in [3.63, 3.8) is 0 Å². The van der Waals surface area contributed by atoms with Crippen LogP contribution in [0.15, 0.2) is 12.4 Å². The Morgan fingerprint density at radius 3 is 2.44 bits per heavy atom. The van der Waals surface area contributed by atoms with Gasteiger partial charge >= 0.3 is 6.01 Å². The van der Waals surface area contributed by atoms with E-state index in [9.17, 15) is 0 Å². The van der Waals surface area contributed by atoms with Gasteiger partial charge in [0.25, 0.3) is 0 Å². The summed E-state index contributed by atoms with van der Waals surface area (Å²) in [5.74, 6) is 0.705. The molecule has 0 radical (unpaired) electrons. The molecule has 5 heteroatoms. The lowest BCUT2D eigenvalue weighted by Gasteiger charge is -2.31. The molecular weight excluding hydrogens is 230 g/mol. The van der Waals surface area contributed by atoms with E-state index >= 15 is 0 Å². The number of hydrogen-bond acceptors (Lipinski definition) is 5. The van der Waals surface area contributed by atoms with Gasteiger partial charge in [-0.2, -0.15) is 9.97 Å². The highest BCUT2D eigenvalue weighted by Crippen LogP contribution is 2.23. The molecule has 2 heterocycles. The largest absolute Gasteiger partial charge is 0.486 e. The average molecular weight is 251 g/mol. The summed E-state index contributed by atoms with van der Waals surface area (Å²) in [6, 6.07) is 0.366. The first-order valence-electron chi connectivity index (χ1n) is 6.27. The zero-order chi connectivity index (χ0) is 13.2. The molecule has 1 atom stereocenters. The molecule has 1 fully saturated rings. The molecule has 1 aliphatic heterocycles. The van der Waals surface area contributed by atoms with E-state index in [0.29, 0.717) is 11.8 Å². The van der Waals surface area contributed by atoms with E-state index in [1.54, 1.807) is 19.5 Å². The Morgan fingerprint density at radius 1 is 1.28 bits per heavy atom. The summed E-state index contributed by atoms with van der Waals surface area (Å²) in [5, 5.41) is 0. The van der Waals surface area contributed by atoms with E-state index in [1.165, 1.54) is 0 Å². The van der Waals surface area contributed by atoms with E-state index in [-0.39, 0.29) is 11.6 Å². The van der Waals surface area contributed by atoms with E-state index < -0.39 is 0 Å². The maximum atomic E-state index is 5.88. The zero-order valence-electron chi connectivity index (χ0n) is 11.5. The Balaban J connectivity index is 1.91. The SMILES string of the molecule is COc1ncc(OC2CCN(C(C)(C)C)C2)cn1. The van der Waals surface area contributed by atoms with Crippen LogP contribution in [0.1, 0.15) is 27.2 Å². The molecule has 1 aromatic rings. The fourth-order valence-electron chi connectivity index (χ4n) is 2.10. The normalized spacial score (nSPS) is 21.0. The number of likely N-dealkylation sites (tertiary alicyclic amines) is 1. The smallest absolute Gasteiger partial charge is 0.316 e. The van der Waals surface area contributed by atoms with Crippen molar-refractivity contribution >= 4 is 0 Å². The van der Waals surface area contributed by atoms with Crippen LogP contribution in [0.2, 0.25) is 0 Å². The lowest BCUT2D eigenvalue weighted by atomic mass is 10.1. The Kier molecular flexibility index (Phi) is 3.71. The molecule has 0 bridgehead atoms. The van der Waals surface area contributed by atoms with Gasteiger partial charge in [-0.1, -0.05) is 0 Å². The number of aromatic nitrogens is 2. The summed E-state index contributed by atoms with van der Waals surface area (Å²) in [6.45, 7) is 8.71. The minimum absolute atomic E-state index is 0.203. The predicted molar refractivity (Wildman–Crippen MR) is 68.9 cm³/mol. The second-order valence-corrected chi connectivity index (χ2v) is 5.55. The molecule has 1 aliphatic rings. The number of methoxy groups -OCH3 is 1. The summed E-state index contributed by atoms with van der Waals surface area (Å²) in [5.41, 5.74) is 0.203. The molecule has 1 unspecified atom stereocenters. The van der Waals surface area contributed by atoms with Crippen molar-refractivity contribution in [3.05, 3.63) is 12.4 Å². The van der Waals surface area contributed by atoms with Crippen LogP contribution in [0.25, 0.3) is 0 Å². The molecule has 0 amide bonds. The first-order chi connectivity index (χ1) is 8.49. The van der Waals surface area contributed by atoms with Crippen LogP contribution in [-0.2, 0) is 0 Å². The van der Waals surface area contributed by atoms with E-state index in [0.717, 1.165) is 19.5 Å². The highest BCUT2D eigenvalue weighted by atomic mass is 16.5. The minimum Gasteiger partial charge on any atom is -0.486 e. The van der Waals surface area contributed by atoms with Crippen LogP contribution in [0.4, 0.5) is 0 Å². The molecule has 18 heavy (non-hydrogen) atoms. The van der Waals surface area contributed by atoms with E-state index in [1.807, 2.05) is 0 Å². The van der Waals surface area contributed by atoms with Crippen molar-refractivity contribution in [3.8, 4) is 11.8 Å². The van der Waals surface area contributed by atoms with Gasteiger partial charge in [0.05, 0.1) is 19.5 Å². The molecule has 0 spiro atoms. The molecular formula is C13H21N3O2. The second kappa shape index (κ2) is 5.10. The van der Waals surface area contributed by atoms with Gasteiger partial charge in [-0.05, 0) is 27.2 Å². The quantitative estimate of drug-likeness (QED) is 0.819. The maximum absolute atomic E-state index is 5.88. The van der Waals surface area contributed by atoms with Gasteiger partial charge < -0.3 is 9.47 Å². The third-order valence-corrected chi connectivity index (χ3v) is 3.18. The highest BCUT2D eigenvalue weighted by molar-refractivity contribution is 5.14. The van der Waals surface area contributed by atoms with Gasteiger partial charge in [0, 0.05) is 18.6 Å². The number of nitrogens with zero attached hydrogens (tertiary/aromatic N) is 3. The maximum Gasteiger partial charge on any atom is 0.316 e. The Bertz CT molecular complexity index is 386. The minimum atomic E-state index is 0.203. The third-order valence-electron chi connectivity index (χ3n) is 3.18. The van der Waals surface area contributed by atoms with Gasteiger partial charge in [-0.15, -0.1) is 0 Å². The molecule has 0 saturated carbocycles. The number of ether oxygens (including phenoxy) is 2. The monoisotopic (exact) mass is 251 g/mol. The van der Waals surface area contributed by atoms with E-state index in [2.05, 4.69) is 35.6 Å². The molecule has 0 N–H and O–H groups in total. The van der Waals surface area contributed by atoms with Crippen molar-refractivity contribution in [2.45, 2.75) is 38.8 Å². The highest BCUT2D eigenvalue weighted by Gasteiger charge is 2.31. The molecule has 1 aromatic heterocycles. The number of rotatable bonds is 3. The third kappa shape index (κ3) is 3.10. The van der Waals surface area contributed by atoms with Gasteiger partial charge in [0.1, 0.15) is 6.10 Å². The van der Waals surface area contributed by atoms with Gasteiger partial charge in [0.2, 0.25) is 0 Å². The topological polar surface area (TPSA) is 47.5 Å². The van der Waals surface area contributed by atoms with Crippen LogP contribution >= 0.6 is 0 Å². The summed E-state index contributed by atoms with van der Waals surface area (Å²) < 4.78 is 10.8. The fraction of sp³-hybridized carbons (Fsp3) is 0.692. The first kappa shape index (κ1) is 13.1. The predicted octanol–water partition coefficient (Wildman–Crippen LogP) is 1.74. The summed E-state index contributed by atoms with van der Waals surface area (Å²) >= 11 is 0. The average Bonchev–Trinajstić information content (AvgIpc) is 2.78. The van der Waals surface area contributed by atoms with E-state index in [4.69, 9.17) is 9.47 Å². The van der Waals surface area contributed by atoms with Crippen LogP contribution in [0.3, 0.4) is 0 Å². The van der Waals surface area contributed by atoms with Crippen LogP contribution in [-0.4, -0.2) is 46.7 Å². The lowest BCUT2D eigenvalue weighted by Crippen LogP contribution is -2.40. The Labute approximate surface area is 108 Å². The van der Waals surface area contributed by atoms with Crippen molar-refractivity contribution in [2.24, 2.45) is 0 Å². The number of hydrogen-bond donors (Lipinski definition) is 0. The van der Waals surface area contributed by atoms with Gasteiger partial charge in [-0.25, -0.2) is 0 Å². The van der Waals surface area contributed by atoms with Crippen molar-refractivity contribution in [1.29, 1.82) is 0 Å².